The average Bonchev–Trinajstić information content (AvgIpc) is 2.95. The Morgan fingerprint density at radius 2 is 1.86 bits per heavy atom. The highest BCUT2D eigenvalue weighted by atomic mass is 16.5. The highest BCUT2D eigenvalue weighted by Crippen LogP contribution is 2.23. The maximum Gasteiger partial charge on any atom is 0.260 e. The van der Waals surface area contributed by atoms with Crippen LogP contribution in [-0.2, 0) is 4.79 Å². The molecular formula is C17H25NO3. The molecule has 1 fully saturated rings. The first-order valence-electron chi connectivity index (χ1n) is 7.71. The third-order valence-corrected chi connectivity index (χ3v) is 3.98. The van der Waals surface area contributed by atoms with Crippen molar-refractivity contribution >= 4 is 5.91 Å². The lowest BCUT2D eigenvalue weighted by molar-refractivity contribution is -0.136. The van der Waals surface area contributed by atoms with Gasteiger partial charge in [-0.1, -0.05) is 18.9 Å². The zero-order valence-corrected chi connectivity index (χ0v) is 13.0. The van der Waals surface area contributed by atoms with E-state index in [1.807, 2.05) is 26.0 Å². The number of carbonyl (C=O) groups excluding carboxylic acids is 1. The summed E-state index contributed by atoms with van der Waals surface area (Å²) in [5.74, 6) is 0.700. The Morgan fingerprint density at radius 3 is 2.43 bits per heavy atom. The zero-order valence-electron chi connectivity index (χ0n) is 13.0. The molecule has 0 unspecified atom stereocenters. The minimum Gasteiger partial charge on any atom is -0.484 e. The first-order valence-corrected chi connectivity index (χ1v) is 7.71. The third kappa shape index (κ3) is 4.46. The van der Waals surface area contributed by atoms with Crippen molar-refractivity contribution in [2.75, 3.05) is 19.8 Å². The second-order valence-electron chi connectivity index (χ2n) is 5.86. The van der Waals surface area contributed by atoms with E-state index in [0.29, 0.717) is 6.54 Å². The molecule has 116 valence electrons. The molecule has 4 heteroatoms. The van der Waals surface area contributed by atoms with Gasteiger partial charge in [0, 0.05) is 12.6 Å². The smallest absolute Gasteiger partial charge is 0.260 e. The number of nitrogens with zero attached hydrogens (tertiary/aromatic N) is 1. The van der Waals surface area contributed by atoms with Gasteiger partial charge in [0.25, 0.3) is 5.91 Å². The number of rotatable bonds is 6. The summed E-state index contributed by atoms with van der Waals surface area (Å²) >= 11 is 0. The molecule has 1 N–H and O–H groups in total. The maximum absolute atomic E-state index is 12.4. The first kappa shape index (κ1) is 15.8. The van der Waals surface area contributed by atoms with Crippen LogP contribution < -0.4 is 4.74 Å². The molecule has 4 nitrogen and oxygen atoms in total. The van der Waals surface area contributed by atoms with Crippen LogP contribution in [0.3, 0.4) is 0 Å². The highest BCUT2D eigenvalue weighted by molar-refractivity contribution is 5.78. The molecule has 1 amide bonds. The second-order valence-corrected chi connectivity index (χ2v) is 5.86. The van der Waals surface area contributed by atoms with Crippen molar-refractivity contribution in [2.45, 2.75) is 45.6 Å². The van der Waals surface area contributed by atoms with Gasteiger partial charge < -0.3 is 14.7 Å². The molecular weight excluding hydrogens is 266 g/mol. The largest absolute Gasteiger partial charge is 0.484 e. The quantitative estimate of drug-likeness (QED) is 0.876. The van der Waals surface area contributed by atoms with E-state index in [2.05, 4.69) is 6.07 Å². The lowest BCUT2D eigenvalue weighted by Crippen LogP contribution is -2.43. The number of aryl methyl sites for hydroxylation is 2. The van der Waals surface area contributed by atoms with E-state index in [0.717, 1.165) is 42.6 Å². The summed E-state index contributed by atoms with van der Waals surface area (Å²) in [4.78, 5) is 14.1. The lowest BCUT2D eigenvalue weighted by atomic mass is 10.1. The molecule has 0 heterocycles. The molecule has 0 spiro atoms. The molecule has 0 bridgehead atoms. The standard InChI is InChI=1S/C17H25NO3/c1-13-9-14(2)11-16(10-13)21-12-17(20)18(7-8-19)15-5-3-4-6-15/h9-11,15,19H,3-8,12H2,1-2H3. The molecule has 2 rings (SSSR count). The SMILES string of the molecule is Cc1cc(C)cc(OCC(=O)N(CCO)C2CCCC2)c1. The van der Waals surface area contributed by atoms with E-state index in [1.54, 1.807) is 4.90 Å². The highest BCUT2D eigenvalue weighted by Gasteiger charge is 2.26. The van der Waals surface area contributed by atoms with Gasteiger partial charge in [0.15, 0.2) is 6.61 Å². The summed E-state index contributed by atoms with van der Waals surface area (Å²) in [6.45, 7) is 4.47. The molecule has 0 radical (unpaired) electrons. The summed E-state index contributed by atoms with van der Waals surface area (Å²) in [7, 11) is 0. The fraction of sp³-hybridized carbons (Fsp3) is 0.588. The number of carbonyl (C=O) groups is 1. The summed E-state index contributed by atoms with van der Waals surface area (Å²) in [5.41, 5.74) is 2.25. The van der Waals surface area contributed by atoms with Crippen LogP contribution in [0.15, 0.2) is 18.2 Å². The molecule has 1 aromatic carbocycles. The Morgan fingerprint density at radius 1 is 1.24 bits per heavy atom. The van der Waals surface area contributed by atoms with Gasteiger partial charge in [0.1, 0.15) is 5.75 Å². The Kier molecular flexibility index (Phi) is 5.62. The van der Waals surface area contributed by atoms with Gasteiger partial charge in [0.2, 0.25) is 0 Å². The lowest BCUT2D eigenvalue weighted by Gasteiger charge is -2.28. The number of hydrogen-bond acceptors (Lipinski definition) is 3. The Bertz CT molecular complexity index is 461. The normalized spacial score (nSPS) is 15.2. The van der Waals surface area contributed by atoms with E-state index < -0.39 is 0 Å². The molecule has 1 saturated carbocycles. The minimum atomic E-state index is -0.0323. The minimum absolute atomic E-state index is 0.00575. The Labute approximate surface area is 126 Å². The van der Waals surface area contributed by atoms with Gasteiger partial charge in [-0.05, 0) is 49.9 Å². The van der Waals surface area contributed by atoms with Crippen LogP contribution in [-0.4, -0.2) is 41.7 Å². The van der Waals surface area contributed by atoms with Crippen molar-refractivity contribution in [1.29, 1.82) is 0 Å². The van der Waals surface area contributed by atoms with Crippen molar-refractivity contribution in [3.63, 3.8) is 0 Å². The van der Waals surface area contributed by atoms with Crippen molar-refractivity contribution in [2.24, 2.45) is 0 Å². The van der Waals surface area contributed by atoms with Gasteiger partial charge in [-0.2, -0.15) is 0 Å². The van der Waals surface area contributed by atoms with Crippen molar-refractivity contribution < 1.29 is 14.6 Å². The average molecular weight is 291 g/mol. The van der Waals surface area contributed by atoms with E-state index in [1.165, 1.54) is 0 Å². The number of benzene rings is 1. The summed E-state index contributed by atoms with van der Waals surface area (Å²) < 4.78 is 5.64. The van der Waals surface area contributed by atoms with Gasteiger partial charge in [0.05, 0.1) is 6.61 Å². The van der Waals surface area contributed by atoms with Gasteiger partial charge >= 0.3 is 0 Å². The molecule has 0 atom stereocenters. The van der Waals surface area contributed by atoms with Gasteiger partial charge in [-0.25, -0.2) is 0 Å². The van der Waals surface area contributed by atoms with Gasteiger partial charge in [-0.15, -0.1) is 0 Å². The molecule has 0 aliphatic heterocycles. The van der Waals surface area contributed by atoms with Crippen molar-refractivity contribution in [3.8, 4) is 5.75 Å². The predicted octanol–water partition coefficient (Wildman–Crippen LogP) is 2.45. The maximum atomic E-state index is 12.4. The number of aliphatic hydroxyl groups excluding tert-OH is 1. The topological polar surface area (TPSA) is 49.8 Å². The third-order valence-electron chi connectivity index (χ3n) is 3.98. The summed E-state index contributed by atoms with van der Waals surface area (Å²) in [6, 6.07) is 6.22. The molecule has 1 aliphatic carbocycles. The van der Waals surface area contributed by atoms with E-state index >= 15 is 0 Å². The Balaban J connectivity index is 1.94. The zero-order chi connectivity index (χ0) is 15.2. The summed E-state index contributed by atoms with van der Waals surface area (Å²) in [6.07, 6.45) is 4.40. The van der Waals surface area contributed by atoms with Crippen molar-refractivity contribution in [1.82, 2.24) is 4.90 Å². The van der Waals surface area contributed by atoms with Crippen molar-refractivity contribution in [3.05, 3.63) is 29.3 Å². The second kappa shape index (κ2) is 7.46. The van der Waals surface area contributed by atoms with Gasteiger partial charge in [-0.3, -0.25) is 4.79 Å². The van der Waals surface area contributed by atoms with Crippen LogP contribution in [0, 0.1) is 13.8 Å². The predicted molar refractivity (Wildman–Crippen MR) is 82.5 cm³/mol. The van der Waals surface area contributed by atoms with Crippen LogP contribution in [0.2, 0.25) is 0 Å². The molecule has 0 saturated heterocycles. The molecule has 21 heavy (non-hydrogen) atoms. The number of hydrogen-bond donors (Lipinski definition) is 1. The van der Waals surface area contributed by atoms with Crippen LogP contribution in [0.4, 0.5) is 0 Å². The molecule has 1 aliphatic rings. The molecule has 0 aromatic heterocycles. The van der Waals surface area contributed by atoms with E-state index in [4.69, 9.17) is 9.84 Å². The first-order chi connectivity index (χ1) is 10.1. The van der Waals surface area contributed by atoms with Crippen LogP contribution in [0.25, 0.3) is 0 Å². The monoisotopic (exact) mass is 291 g/mol. The number of aliphatic hydroxyl groups is 1. The molecule has 1 aromatic rings. The van der Waals surface area contributed by atoms with E-state index in [-0.39, 0.29) is 25.2 Å². The van der Waals surface area contributed by atoms with E-state index in [9.17, 15) is 4.79 Å². The fourth-order valence-corrected chi connectivity index (χ4v) is 3.08. The van der Waals surface area contributed by atoms with Crippen LogP contribution >= 0.6 is 0 Å². The summed E-state index contributed by atoms with van der Waals surface area (Å²) in [5, 5.41) is 9.17. The van der Waals surface area contributed by atoms with Crippen LogP contribution in [0.1, 0.15) is 36.8 Å². The Hall–Kier alpha value is -1.55. The number of amides is 1. The number of ether oxygens (including phenoxy) is 1. The van der Waals surface area contributed by atoms with Crippen LogP contribution in [0.5, 0.6) is 5.75 Å². The fourth-order valence-electron chi connectivity index (χ4n) is 3.08.